The van der Waals surface area contributed by atoms with Crippen LogP contribution in [0.4, 0.5) is 4.79 Å². The maximum Gasteiger partial charge on any atom is 0.320 e. The van der Waals surface area contributed by atoms with Crippen molar-refractivity contribution in [2.45, 2.75) is 31.0 Å². The molecule has 0 aliphatic carbocycles. The highest BCUT2D eigenvalue weighted by atomic mass is 32.2. The average Bonchev–Trinajstić information content (AvgIpc) is 2.98. The summed E-state index contributed by atoms with van der Waals surface area (Å²) < 4.78 is 23.2. The lowest BCUT2D eigenvalue weighted by atomic mass is 10.1. The van der Waals surface area contributed by atoms with E-state index in [-0.39, 0.29) is 12.1 Å². The molecular weight excluding hydrogens is 386 g/mol. The van der Waals surface area contributed by atoms with Gasteiger partial charge in [-0.25, -0.2) is 13.2 Å². The average molecular weight is 414 g/mol. The molecule has 6 nitrogen and oxygen atoms in total. The Balaban J connectivity index is 1.37. The summed E-state index contributed by atoms with van der Waals surface area (Å²) in [5.74, 6) is 0. The normalized spacial score (nSPS) is 20.2. The zero-order valence-corrected chi connectivity index (χ0v) is 17.7. The molecular formula is C22H27N3O3S. The van der Waals surface area contributed by atoms with Gasteiger partial charge in [0.1, 0.15) is 0 Å². The summed E-state index contributed by atoms with van der Waals surface area (Å²) >= 11 is 0. The minimum Gasteiger partial charge on any atom is -0.318 e. The number of carbonyl (C=O) groups excluding carboxylic acids is 1. The quantitative estimate of drug-likeness (QED) is 0.756. The second-order valence-electron chi connectivity index (χ2n) is 8.15. The van der Waals surface area contributed by atoms with E-state index < -0.39 is 9.84 Å². The Morgan fingerprint density at radius 3 is 2.17 bits per heavy atom. The summed E-state index contributed by atoms with van der Waals surface area (Å²) in [5.41, 5.74) is 3.47. The molecule has 2 aromatic carbocycles. The summed E-state index contributed by atoms with van der Waals surface area (Å²) in [5, 5.41) is 0. The number of hydrogen-bond acceptors (Lipinski definition) is 4. The molecule has 0 aromatic heterocycles. The number of benzene rings is 2. The van der Waals surface area contributed by atoms with Gasteiger partial charge >= 0.3 is 6.03 Å². The molecule has 0 bridgehead atoms. The van der Waals surface area contributed by atoms with Gasteiger partial charge in [0.05, 0.1) is 10.9 Å². The largest absolute Gasteiger partial charge is 0.320 e. The number of sulfone groups is 1. The summed E-state index contributed by atoms with van der Waals surface area (Å²) in [6, 6.07) is 15.8. The minimum atomic E-state index is -3.17. The molecule has 2 aromatic rings. The third-order valence-corrected chi connectivity index (χ3v) is 6.89. The van der Waals surface area contributed by atoms with E-state index in [0.29, 0.717) is 11.4 Å². The van der Waals surface area contributed by atoms with Crippen molar-refractivity contribution in [2.24, 2.45) is 0 Å². The van der Waals surface area contributed by atoms with E-state index in [1.807, 2.05) is 21.9 Å². The number of rotatable bonds is 5. The van der Waals surface area contributed by atoms with Crippen molar-refractivity contribution in [3.8, 4) is 0 Å². The molecule has 2 heterocycles. The van der Waals surface area contributed by atoms with Crippen LogP contribution in [0.25, 0.3) is 0 Å². The van der Waals surface area contributed by atoms with Crippen LogP contribution in [0.5, 0.6) is 0 Å². The van der Waals surface area contributed by atoms with Crippen LogP contribution >= 0.6 is 0 Å². The number of aryl methyl sites for hydroxylation is 1. The van der Waals surface area contributed by atoms with Gasteiger partial charge in [-0.15, -0.1) is 0 Å². The smallest absolute Gasteiger partial charge is 0.318 e. The van der Waals surface area contributed by atoms with Crippen LogP contribution in [0.1, 0.15) is 16.7 Å². The summed E-state index contributed by atoms with van der Waals surface area (Å²) in [4.78, 5) is 19.4. The van der Waals surface area contributed by atoms with Crippen molar-refractivity contribution in [1.29, 1.82) is 0 Å². The number of nitrogens with zero attached hydrogens (tertiary/aromatic N) is 3. The highest BCUT2D eigenvalue weighted by Gasteiger charge is 2.40. The fourth-order valence-electron chi connectivity index (χ4n) is 4.13. The minimum absolute atomic E-state index is 0.132. The van der Waals surface area contributed by atoms with Gasteiger partial charge in [0.2, 0.25) is 0 Å². The first-order valence-electron chi connectivity index (χ1n) is 9.92. The molecule has 0 unspecified atom stereocenters. The standard InChI is InChI=1S/C22H27N3O3S/c1-17-3-5-19(6-4-17)14-24-16-20-15-23(11-12-25(20)22(24)26)13-18-7-9-21(10-8-18)29(2,27)28/h3-10,20H,11-16H2,1-2H3/t20-/m1/s1. The SMILES string of the molecule is Cc1ccc(CN2C[C@H]3CN(Cc4ccc(S(C)(=O)=O)cc4)CCN3C2=O)cc1. The van der Waals surface area contributed by atoms with E-state index in [1.54, 1.807) is 12.1 Å². The zero-order valence-electron chi connectivity index (χ0n) is 16.9. The Hall–Kier alpha value is -2.38. The van der Waals surface area contributed by atoms with Gasteiger partial charge in [0.25, 0.3) is 0 Å². The molecule has 2 aliphatic heterocycles. The van der Waals surface area contributed by atoms with Crippen molar-refractivity contribution in [1.82, 2.24) is 14.7 Å². The van der Waals surface area contributed by atoms with E-state index in [9.17, 15) is 13.2 Å². The zero-order chi connectivity index (χ0) is 20.6. The third-order valence-electron chi connectivity index (χ3n) is 5.77. The molecule has 0 N–H and O–H groups in total. The van der Waals surface area contributed by atoms with Crippen LogP contribution < -0.4 is 0 Å². The third kappa shape index (κ3) is 4.46. The number of hydrogen-bond donors (Lipinski definition) is 0. The van der Waals surface area contributed by atoms with Gasteiger partial charge in [0.15, 0.2) is 9.84 Å². The van der Waals surface area contributed by atoms with Gasteiger partial charge in [-0.2, -0.15) is 0 Å². The number of piperazine rings is 1. The van der Waals surface area contributed by atoms with Gasteiger partial charge in [0, 0.05) is 45.5 Å². The lowest BCUT2D eigenvalue weighted by Gasteiger charge is -2.36. The lowest BCUT2D eigenvalue weighted by molar-refractivity contribution is 0.116. The number of carbonyl (C=O) groups is 1. The van der Waals surface area contributed by atoms with E-state index in [4.69, 9.17) is 0 Å². The summed E-state index contributed by atoms with van der Waals surface area (Å²) in [6.45, 7) is 6.62. The molecule has 2 fully saturated rings. The topological polar surface area (TPSA) is 60.9 Å². The highest BCUT2D eigenvalue weighted by molar-refractivity contribution is 7.90. The first kappa shape index (κ1) is 19.9. The molecule has 2 saturated heterocycles. The van der Waals surface area contributed by atoms with E-state index in [1.165, 1.54) is 11.8 Å². The molecule has 4 rings (SSSR count). The van der Waals surface area contributed by atoms with Crippen LogP contribution in [0, 0.1) is 6.92 Å². The number of urea groups is 1. The molecule has 1 atom stereocenters. The van der Waals surface area contributed by atoms with Gasteiger partial charge in [-0.05, 0) is 30.2 Å². The Kier molecular flexibility index (Phi) is 5.36. The van der Waals surface area contributed by atoms with E-state index >= 15 is 0 Å². The molecule has 154 valence electrons. The van der Waals surface area contributed by atoms with Crippen molar-refractivity contribution in [3.63, 3.8) is 0 Å². The van der Waals surface area contributed by atoms with Crippen molar-refractivity contribution in [2.75, 3.05) is 32.4 Å². The number of fused-ring (bicyclic) bond motifs is 1. The Morgan fingerprint density at radius 2 is 1.52 bits per heavy atom. The van der Waals surface area contributed by atoms with E-state index in [0.717, 1.165) is 43.9 Å². The predicted octanol–water partition coefficient (Wildman–Crippen LogP) is 2.52. The Morgan fingerprint density at radius 1 is 0.897 bits per heavy atom. The predicted molar refractivity (Wildman–Crippen MR) is 112 cm³/mol. The van der Waals surface area contributed by atoms with Crippen molar-refractivity contribution >= 4 is 15.9 Å². The van der Waals surface area contributed by atoms with Crippen LogP contribution in [0.15, 0.2) is 53.4 Å². The monoisotopic (exact) mass is 413 g/mol. The van der Waals surface area contributed by atoms with Crippen molar-refractivity contribution in [3.05, 3.63) is 65.2 Å². The van der Waals surface area contributed by atoms with E-state index in [2.05, 4.69) is 36.1 Å². The molecule has 2 aliphatic rings. The van der Waals surface area contributed by atoms with Gasteiger partial charge < -0.3 is 9.80 Å². The molecule has 0 saturated carbocycles. The second kappa shape index (κ2) is 7.80. The Labute approximate surface area is 172 Å². The molecule has 0 spiro atoms. The Bertz CT molecular complexity index is 987. The first-order valence-corrected chi connectivity index (χ1v) is 11.8. The van der Waals surface area contributed by atoms with Crippen molar-refractivity contribution < 1.29 is 13.2 Å². The molecule has 7 heteroatoms. The number of amides is 2. The second-order valence-corrected chi connectivity index (χ2v) is 10.2. The lowest BCUT2D eigenvalue weighted by Crippen LogP contribution is -2.51. The summed E-state index contributed by atoms with van der Waals surface area (Å²) in [6.07, 6.45) is 1.22. The first-order chi connectivity index (χ1) is 13.8. The fourth-order valence-corrected chi connectivity index (χ4v) is 4.76. The van der Waals surface area contributed by atoms with Crippen LogP contribution in [-0.2, 0) is 22.9 Å². The highest BCUT2D eigenvalue weighted by Crippen LogP contribution is 2.24. The maximum atomic E-state index is 12.8. The van der Waals surface area contributed by atoms with Gasteiger partial charge in [-0.1, -0.05) is 42.0 Å². The molecule has 2 amide bonds. The maximum absolute atomic E-state index is 12.8. The van der Waals surface area contributed by atoms with Crippen LogP contribution in [0.3, 0.4) is 0 Å². The molecule has 0 radical (unpaired) electrons. The van der Waals surface area contributed by atoms with Gasteiger partial charge in [-0.3, -0.25) is 4.90 Å². The summed E-state index contributed by atoms with van der Waals surface area (Å²) in [7, 11) is -3.17. The molecule has 29 heavy (non-hydrogen) atoms. The van der Waals surface area contributed by atoms with Crippen LogP contribution in [0.2, 0.25) is 0 Å². The fraction of sp³-hybridized carbons (Fsp3) is 0.409. The van der Waals surface area contributed by atoms with Crippen LogP contribution in [-0.4, -0.2) is 67.6 Å².